The van der Waals surface area contributed by atoms with Crippen molar-refractivity contribution >= 4 is 49.3 Å². The summed E-state index contributed by atoms with van der Waals surface area (Å²) in [6.07, 6.45) is 0. The zero-order valence-corrected chi connectivity index (χ0v) is 19.2. The van der Waals surface area contributed by atoms with Gasteiger partial charge in [0.15, 0.2) is 16.7 Å². The first-order chi connectivity index (χ1) is 16.9. The molecule has 8 heteroatoms. The largest absolute Gasteiger partial charge is 0.503 e. The fourth-order valence-electron chi connectivity index (χ4n) is 4.31. The van der Waals surface area contributed by atoms with Crippen LogP contribution in [0.25, 0.3) is 21.2 Å². The van der Waals surface area contributed by atoms with Gasteiger partial charge in [-0.25, -0.2) is 9.37 Å². The molecule has 1 unspecified atom stereocenters. The highest BCUT2D eigenvalue weighted by molar-refractivity contribution is 7.22. The van der Waals surface area contributed by atoms with Gasteiger partial charge in [-0.2, -0.15) is 0 Å². The molecule has 0 saturated heterocycles. The van der Waals surface area contributed by atoms with Gasteiger partial charge in [0.1, 0.15) is 11.4 Å². The maximum Gasteiger partial charge on any atom is 0.296 e. The molecule has 1 N–H and O–H groups in total. The molecule has 5 aromatic rings. The summed E-state index contributed by atoms with van der Waals surface area (Å²) in [6.45, 7) is 1.93. The van der Waals surface area contributed by atoms with Crippen molar-refractivity contribution in [3.63, 3.8) is 0 Å². The van der Waals surface area contributed by atoms with E-state index in [1.807, 2.05) is 31.2 Å². The van der Waals surface area contributed by atoms with E-state index in [0.717, 1.165) is 22.3 Å². The van der Waals surface area contributed by atoms with Gasteiger partial charge in [0.05, 0.1) is 21.8 Å². The number of halogens is 1. The summed E-state index contributed by atoms with van der Waals surface area (Å²) in [5.74, 6) is -2.41. The molecule has 3 aromatic carbocycles. The number of benzene rings is 3. The molecule has 1 aliphatic heterocycles. The maximum absolute atomic E-state index is 13.8. The Hall–Kier alpha value is -4.30. The van der Waals surface area contributed by atoms with Crippen molar-refractivity contribution in [2.24, 2.45) is 0 Å². The van der Waals surface area contributed by atoms with Crippen molar-refractivity contribution in [1.82, 2.24) is 4.98 Å². The van der Waals surface area contributed by atoms with Crippen molar-refractivity contribution in [2.75, 3.05) is 4.90 Å². The molecule has 0 fully saturated rings. The first-order valence-electron chi connectivity index (χ1n) is 10.8. The molecule has 0 radical (unpaired) electrons. The highest BCUT2D eigenvalue weighted by atomic mass is 32.1. The third-order valence-corrected chi connectivity index (χ3v) is 7.06. The van der Waals surface area contributed by atoms with Crippen LogP contribution in [0.3, 0.4) is 0 Å². The standard InChI is InChI=1S/C27H17FN2O4S/c1-14-6-8-15(9-7-14)23-22(24(31)20-12-16-4-2-3-5-19(16)34-20)25(32)26(33)30(23)27-29-18-11-10-17(28)13-21(18)35-27/h2-13,23,32H,1H3. The topological polar surface area (TPSA) is 83.6 Å². The summed E-state index contributed by atoms with van der Waals surface area (Å²) in [5.41, 5.74) is 2.57. The molecular formula is C27H17FN2O4S. The zero-order chi connectivity index (χ0) is 24.3. The van der Waals surface area contributed by atoms with Gasteiger partial charge in [-0.1, -0.05) is 59.4 Å². The summed E-state index contributed by atoms with van der Waals surface area (Å²) in [4.78, 5) is 32.8. The van der Waals surface area contributed by atoms with Gasteiger partial charge in [-0.3, -0.25) is 14.5 Å². The van der Waals surface area contributed by atoms with Gasteiger partial charge in [0.25, 0.3) is 5.91 Å². The highest BCUT2D eigenvalue weighted by Crippen LogP contribution is 2.44. The van der Waals surface area contributed by atoms with E-state index in [2.05, 4.69) is 4.98 Å². The Balaban J connectivity index is 1.51. The van der Waals surface area contributed by atoms with Crippen LogP contribution in [0.5, 0.6) is 0 Å². The van der Waals surface area contributed by atoms with E-state index in [4.69, 9.17) is 4.42 Å². The van der Waals surface area contributed by atoms with Crippen LogP contribution in [0.15, 0.2) is 88.5 Å². The minimum absolute atomic E-state index is 0.0193. The summed E-state index contributed by atoms with van der Waals surface area (Å²) in [7, 11) is 0. The van der Waals surface area contributed by atoms with Gasteiger partial charge in [-0.15, -0.1) is 0 Å². The third-order valence-electron chi connectivity index (χ3n) is 6.04. The maximum atomic E-state index is 13.8. The third kappa shape index (κ3) is 3.41. The Bertz CT molecular complexity index is 1650. The van der Waals surface area contributed by atoms with Gasteiger partial charge < -0.3 is 9.52 Å². The van der Waals surface area contributed by atoms with Gasteiger partial charge >= 0.3 is 0 Å². The summed E-state index contributed by atoms with van der Waals surface area (Å²) < 4.78 is 20.1. The molecule has 172 valence electrons. The van der Waals surface area contributed by atoms with Crippen LogP contribution < -0.4 is 4.90 Å². The molecule has 0 aliphatic carbocycles. The van der Waals surface area contributed by atoms with Crippen LogP contribution in [0, 0.1) is 12.7 Å². The van der Waals surface area contributed by atoms with Crippen molar-refractivity contribution in [3.8, 4) is 0 Å². The number of fused-ring (bicyclic) bond motifs is 2. The second-order valence-electron chi connectivity index (χ2n) is 8.34. The number of para-hydroxylation sites is 1. The smallest absolute Gasteiger partial charge is 0.296 e. The first-order valence-corrected chi connectivity index (χ1v) is 11.6. The number of aliphatic hydroxyl groups is 1. The highest BCUT2D eigenvalue weighted by Gasteiger charge is 2.46. The summed E-state index contributed by atoms with van der Waals surface area (Å²) in [6, 6.07) is 19.3. The lowest BCUT2D eigenvalue weighted by atomic mass is 9.94. The number of hydrogen-bond acceptors (Lipinski definition) is 6. The van der Waals surface area contributed by atoms with Crippen molar-refractivity contribution in [2.45, 2.75) is 13.0 Å². The number of aliphatic hydroxyl groups excluding tert-OH is 1. The lowest BCUT2D eigenvalue weighted by molar-refractivity contribution is -0.117. The monoisotopic (exact) mass is 484 g/mol. The molecule has 0 saturated carbocycles. The summed E-state index contributed by atoms with van der Waals surface area (Å²) in [5, 5.41) is 11.9. The zero-order valence-electron chi connectivity index (χ0n) is 18.4. The molecule has 6 nitrogen and oxygen atoms in total. The quantitative estimate of drug-likeness (QED) is 0.304. The molecule has 6 rings (SSSR count). The number of Topliss-reactive ketones (excluding diaryl/α,β-unsaturated/α-hetero) is 1. The number of furan rings is 1. The number of anilines is 1. The molecule has 1 aliphatic rings. The van der Waals surface area contributed by atoms with E-state index in [1.54, 1.807) is 30.3 Å². The minimum Gasteiger partial charge on any atom is -0.503 e. The number of amides is 1. The van der Waals surface area contributed by atoms with Crippen molar-refractivity contribution in [1.29, 1.82) is 0 Å². The van der Waals surface area contributed by atoms with Crippen LogP contribution in [0.4, 0.5) is 9.52 Å². The van der Waals surface area contributed by atoms with E-state index in [9.17, 15) is 19.1 Å². The first kappa shape index (κ1) is 21.2. The lowest BCUT2D eigenvalue weighted by Gasteiger charge is -2.24. The number of ketones is 1. The van der Waals surface area contributed by atoms with Crippen molar-refractivity contribution in [3.05, 3.63) is 107 Å². The number of nitrogens with zero attached hydrogens (tertiary/aromatic N) is 2. The van der Waals surface area contributed by atoms with Crippen LogP contribution in [0.2, 0.25) is 0 Å². The average molecular weight is 485 g/mol. The number of carbonyl (C=O) groups excluding carboxylic acids is 2. The molecule has 35 heavy (non-hydrogen) atoms. The molecule has 3 heterocycles. The number of aromatic nitrogens is 1. The van der Waals surface area contributed by atoms with E-state index in [1.165, 1.54) is 23.1 Å². The van der Waals surface area contributed by atoms with Crippen LogP contribution in [-0.4, -0.2) is 21.8 Å². The normalized spacial score (nSPS) is 16.1. The number of aryl methyl sites for hydroxylation is 1. The van der Waals surface area contributed by atoms with Crippen LogP contribution >= 0.6 is 11.3 Å². The van der Waals surface area contributed by atoms with Gasteiger partial charge in [0.2, 0.25) is 5.78 Å². The summed E-state index contributed by atoms with van der Waals surface area (Å²) >= 11 is 1.11. The molecule has 2 aromatic heterocycles. The SMILES string of the molecule is Cc1ccc(C2C(C(=O)c3cc4ccccc4o3)=C(O)C(=O)N2c2nc3ccc(F)cc3s2)cc1. The Morgan fingerprint density at radius 3 is 2.63 bits per heavy atom. The van der Waals surface area contributed by atoms with E-state index >= 15 is 0 Å². The Morgan fingerprint density at radius 1 is 1.09 bits per heavy atom. The molecule has 1 amide bonds. The Labute approximate surface area is 202 Å². The Morgan fingerprint density at radius 2 is 1.86 bits per heavy atom. The lowest BCUT2D eigenvalue weighted by Crippen LogP contribution is -2.30. The van der Waals surface area contributed by atoms with E-state index in [-0.39, 0.29) is 16.5 Å². The fraction of sp³-hybridized carbons (Fsp3) is 0.0741. The number of thiazole rings is 1. The second kappa shape index (κ2) is 7.89. The average Bonchev–Trinajstić information content (AvgIpc) is 3.53. The van der Waals surface area contributed by atoms with E-state index < -0.39 is 29.3 Å². The van der Waals surface area contributed by atoms with Crippen LogP contribution in [0.1, 0.15) is 27.7 Å². The molecule has 1 atom stereocenters. The molecule has 0 spiro atoms. The fourth-order valence-corrected chi connectivity index (χ4v) is 5.33. The Kier molecular flexibility index (Phi) is 4.79. The van der Waals surface area contributed by atoms with Gasteiger partial charge in [0, 0.05) is 5.39 Å². The van der Waals surface area contributed by atoms with Crippen LogP contribution in [-0.2, 0) is 4.79 Å². The minimum atomic E-state index is -0.936. The van der Waals surface area contributed by atoms with Gasteiger partial charge in [-0.05, 0) is 42.8 Å². The second-order valence-corrected chi connectivity index (χ2v) is 9.35. The predicted molar refractivity (Wildman–Crippen MR) is 131 cm³/mol. The van der Waals surface area contributed by atoms with Crippen molar-refractivity contribution < 1.29 is 23.5 Å². The predicted octanol–water partition coefficient (Wildman–Crippen LogP) is 6.27. The van der Waals surface area contributed by atoms with E-state index in [0.29, 0.717) is 21.4 Å². The molecular weight excluding hydrogens is 467 g/mol. The number of rotatable bonds is 4. The number of carbonyl (C=O) groups is 2. The number of hydrogen-bond donors (Lipinski definition) is 1. The molecule has 0 bridgehead atoms.